The molecule has 2 aliphatic carbocycles. The van der Waals surface area contributed by atoms with Gasteiger partial charge in [0.25, 0.3) is 0 Å². The number of alkyl halides is 2. The molecular formula is C23H36Cl2N2O3. The minimum atomic E-state index is 0.0141. The van der Waals surface area contributed by atoms with Crippen LogP contribution in [0.1, 0.15) is 51.4 Å². The fourth-order valence-corrected chi connectivity index (χ4v) is 6.27. The predicted octanol–water partition coefficient (Wildman–Crippen LogP) is 3.77. The summed E-state index contributed by atoms with van der Waals surface area (Å²) < 4.78 is 5.72. The number of halogens is 2. The Morgan fingerprint density at radius 3 is 2.37 bits per heavy atom. The number of hydrogen-bond acceptors (Lipinski definition) is 4. The highest BCUT2D eigenvalue weighted by Gasteiger charge is 2.41. The first kappa shape index (κ1) is 24.0. The predicted molar refractivity (Wildman–Crippen MR) is 121 cm³/mol. The van der Waals surface area contributed by atoms with Crippen molar-refractivity contribution < 1.29 is 14.3 Å². The molecule has 0 radical (unpaired) electrons. The molecule has 0 bridgehead atoms. The van der Waals surface area contributed by atoms with Gasteiger partial charge in [-0.25, -0.2) is 0 Å². The molecular weight excluding hydrogens is 423 g/mol. The van der Waals surface area contributed by atoms with Gasteiger partial charge in [0.15, 0.2) is 5.78 Å². The Bertz CT molecular complexity index is 601. The highest BCUT2D eigenvalue weighted by molar-refractivity contribution is 6.21. The number of ketones is 1. The van der Waals surface area contributed by atoms with E-state index in [1.807, 2.05) is 4.90 Å². The van der Waals surface area contributed by atoms with Gasteiger partial charge in [0, 0.05) is 42.9 Å². The summed E-state index contributed by atoms with van der Waals surface area (Å²) in [5.74, 6) is 1.26. The van der Waals surface area contributed by atoms with E-state index in [-0.39, 0.29) is 35.1 Å². The van der Waals surface area contributed by atoms with Crippen molar-refractivity contribution in [3.05, 3.63) is 12.7 Å². The summed E-state index contributed by atoms with van der Waals surface area (Å²) in [6.07, 6.45) is 9.04. The van der Waals surface area contributed by atoms with Crippen LogP contribution >= 0.6 is 23.2 Å². The summed E-state index contributed by atoms with van der Waals surface area (Å²) in [4.78, 5) is 26.4. The summed E-state index contributed by atoms with van der Waals surface area (Å²) in [6.45, 7) is 5.14. The molecule has 0 spiro atoms. The van der Waals surface area contributed by atoms with Gasteiger partial charge >= 0.3 is 0 Å². The molecule has 0 aromatic heterocycles. The van der Waals surface area contributed by atoms with Crippen molar-refractivity contribution in [3.63, 3.8) is 0 Å². The number of hydrogen-bond donors (Lipinski definition) is 1. The van der Waals surface area contributed by atoms with Gasteiger partial charge in [0.05, 0.1) is 12.6 Å². The van der Waals surface area contributed by atoms with E-state index >= 15 is 0 Å². The fourth-order valence-electron chi connectivity index (χ4n) is 5.53. The van der Waals surface area contributed by atoms with E-state index in [1.54, 1.807) is 7.11 Å². The van der Waals surface area contributed by atoms with Gasteiger partial charge in [-0.05, 0) is 69.3 Å². The molecule has 1 saturated heterocycles. The molecule has 3 fully saturated rings. The maximum absolute atomic E-state index is 12.7. The second kappa shape index (κ2) is 11.3. The quantitative estimate of drug-likeness (QED) is 0.465. The van der Waals surface area contributed by atoms with Crippen molar-refractivity contribution in [1.29, 1.82) is 0 Å². The Hall–Kier alpha value is -0.620. The van der Waals surface area contributed by atoms with Crippen LogP contribution in [-0.2, 0) is 14.3 Å². The molecule has 5 nitrogen and oxygen atoms in total. The molecule has 4 unspecified atom stereocenters. The zero-order valence-corrected chi connectivity index (χ0v) is 19.5. The van der Waals surface area contributed by atoms with Crippen LogP contribution in [0.5, 0.6) is 0 Å². The molecule has 30 heavy (non-hydrogen) atoms. The molecule has 3 rings (SSSR count). The lowest BCUT2D eigenvalue weighted by Gasteiger charge is -2.43. The van der Waals surface area contributed by atoms with Gasteiger partial charge in [-0.3, -0.25) is 9.59 Å². The van der Waals surface area contributed by atoms with Crippen molar-refractivity contribution in [1.82, 2.24) is 10.2 Å². The monoisotopic (exact) mass is 458 g/mol. The minimum Gasteiger partial charge on any atom is -0.380 e. The normalized spacial score (nSPS) is 35.8. The van der Waals surface area contributed by atoms with E-state index in [9.17, 15) is 9.59 Å². The first-order chi connectivity index (χ1) is 14.4. The van der Waals surface area contributed by atoms with Gasteiger partial charge in [-0.1, -0.05) is 6.58 Å². The zero-order valence-electron chi connectivity index (χ0n) is 18.0. The largest absolute Gasteiger partial charge is 0.380 e. The molecule has 170 valence electrons. The lowest BCUT2D eigenvalue weighted by Crippen LogP contribution is -2.53. The Morgan fingerprint density at radius 2 is 1.77 bits per heavy atom. The van der Waals surface area contributed by atoms with Crippen LogP contribution in [0.2, 0.25) is 0 Å². The lowest BCUT2D eigenvalue weighted by molar-refractivity contribution is -0.133. The molecule has 0 aromatic carbocycles. The Labute approximate surface area is 190 Å². The highest BCUT2D eigenvalue weighted by Crippen LogP contribution is 2.42. The Kier molecular flexibility index (Phi) is 9.06. The fraction of sp³-hybridized carbons (Fsp3) is 0.826. The second-order valence-corrected chi connectivity index (χ2v) is 10.4. The van der Waals surface area contributed by atoms with Crippen LogP contribution in [0.15, 0.2) is 12.7 Å². The molecule has 2 saturated carbocycles. The Balaban J connectivity index is 1.50. The van der Waals surface area contributed by atoms with Crippen molar-refractivity contribution >= 4 is 34.9 Å². The molecule has 4 atom stereocenters. The van der Waals surface area contributed by atoms with Crippen LogP contribution in [0.3, 0.4) is 0 Å². The van der Waals surface area contributed by atoms with Gasteiger partial charge in [-0.15, -0.1) is 23.2 Å². The third-order valence-corrected chi connectivity index (χ3v) is 8.41. The first-order valence-corrected chi connectivity index (χ1v) is 12.3. The molecule has 1 aliphatic heterocycles. The topological polar surface area (TPSA) is 58.6 Å². The highest BCUT2D eigenvalue weighted by atomic mass is 35.5. The SMILES string of the molecule is C=CC(=O)C1CCN(C(=O)CNC2CC(C3CCC(Cl)CC3)C(Cl)CC2OC)CC1. The lowest BCUT2D eigenvalue weighted by atomic mass is 9.71. The van der Waals surface area contributed by atoms with Gasteiger partial charge < -0.3 is 15.0 Å². The van der Waals surface area contributed by atoms with Crippen LogP contribution < -0.4 is 5.32 Å². The number of amides is 1. The minimum absolute atomic E-state index is 0.0141. The van der Waals surface area contributed by atoms with E-state index in [0.717, 1.165) is 51.4 Å². The van der Waals surface area contributed by atoms with Gasteiger partial charge in [-0.2, -0.15) is 0 Å². The van der Waals surface area contributed by atoms with Gasteiger partial charge in [0.1, 0.15) is 0 Å². The number of carbonyl (C=O) groups excluding carboxylic acids is 2. The molecule has 7 heteroatoms. The summed E-state index contributed by atoms with van der Waals surface area (Å²) in [5.41, 5.74) is 0. The molecule has 3 aliphatic rings. The number of likely N-dealkylation sites (tertiary alicyclic amines) is 1. The van der Waals surface area contributed by atoms with Crippen LogP contribution in [-0.4, -0.2) is 66.2 Å². The third kappa shape index (κ3) is 5.99. The maximum atomic E-state index is 12.7. The van der Waals surface area contributed by atoms with Crippen molar-refractivity contribution in [2.45, 2.75) is 74.3 Å². The molecule has 1 N–H and O–H groups in total. The number of nitrogens with zero attached hydrogens (tertiary/aromatic N) is 1. The van der Waals surface area contributed by atoms with Crippen molar-refractivity contribution in [2.75, 3.05) is 26.7 Å². The average molecular weight is 459 g/mol. The summed E-state index contributed by atoms with van der Waals surface area (Å²) in [6, 6.07) is 0.132. The average Bonchev–Trinajstić information content (AvgIpc) is 2.78. The van der Waals surface area contributed by atoms with E-state index in [2.05, 4.69) is 11.9 Å². The van der Waals surface area contributed by atoms with Crippen molar-refractivity contribution in [3.8, 4) is 0 Å². The second-order valence-electron chi connectivity index (χ2n) is 9.19. The van der Waals surface area contributed by atoms with Crippen LogP contribution in [0, 0.1) is 17.8 Å². The van der Waals surface area contributed by atoms with E-state index in [1.165, 1.54) is 6.08 Å². The number of carbonyl (C=O) groups is 2. The summed E-state index contributed by atoms with van der Waals surface area (Å²) in [5, 5.41) is 3.90. The molecule has 1 heterocycles. The van der Waals surface area contributed by atoms with Crippen LogP contribution in [0.4, 0.5) is 0 Å². The van der Waals surface area contributed by atoms with E-state index < -0.39 is 0 Å². The summed E-state index contributed by atoms with van der Waals surface area (Å²) in [7, 11) is 1.73. The van der Waals surface area contributed by atoms with Crippen LogP contribution in [0.25, 0.3) is 0 Å². The van der Waals surface area contributed by atoms with Crippen molar-refractivity contribution in [2.24, 2.45) is 17.8 Å². The van der Waals surface area contributed by atoms with E-state index in [4.69, 9.17) is 27.9 Å². The van der Waals surface area contributed by atoms with Gasteiger partial charge in [0.2, 0.25) is 5.91 Å². The summed E-state index contributed by atoms with van der Waals surface area (Å²) >= 11 is 13.1. The maximum Gasteiger partial charge on any atom is 0.236 e. The number of allylic oxidation sites excluding steroid dienone is 1. The first-order valence-electron chi connectivity index (χ1n) is 11.4. The standard InChI is InChI=1S/C23H36Cl2N2O3/c1-3-21(28)16-8-10-27(11-9-16)23(29)14-26-20-12-18(19(25)13-22(20)30-2)15-4-6-17(24)7-5-15/h3,15-20,22,26H,1,4-14H2,2H3. The smallest absolute Gasteiger partial charge is 0.236 e. The Morgan fingerprint density at radius 1 is 1.10 bits per heavy atom. The third-order valence-electron chi connectivity index (χ3n) is 7.47. The number of methoxy groups -OCH3 is 1. The number of rotatable bonds is 7. The molecule has 0 aromatic rings. The zero-order chi connectivity index (χ0) is 21.7. The number of piperidine rings is 1. The number of nitrogens with one attached hydrogen (secondary N) is 1. The van der Waals surface area contributed by atoms with E-state index in [0.29, 0.717) is 36.8 Å². The molecule has 1 amide bonds. The number of ether oxygens (including phenoxy) is 1.